The van der Waals surface area contributed by atoms with Gasteiger partial charge in [-0.3, -0.25) is 0 Å². The topological polar surface area (TPSA) is 68.3 Å². The Balaban J connectivity index is 2.16. The number of ether oxygens (including phenoxy) is 3. The summed E-state index contributed by atoms with van der Waals surface area (Å²) in [5.74, 6) is 0.00908. The maximum Gasteiger partial charge on any atom is 0.387 e. The average Bonchev–Trinajstić information content (AvgIpc) is 2.53. The SMILES string of the molecule is COc1ccc(CN(C)S(=O)(=O)N2C[C@@H](C)O[C@@H](C)C2)cc1OC(F)F. The van der Waals surface area contributed by atoms with Crippen LogP contribution in [0, 0.1) is 0 Å². The van der Waals surface area contributed by atoms with E-state index in [1.807, 2.05) is 13.8 Å². The van der Waals surface area contributed by atoms with Gasteiger partial charge in [0.25, 0.3) is 10.2 Å². The Morgan fingerprint density at radius 3 is 2.42 bits per heavy atom. The molecule has 0 unspecified atom stereocenters. The molecule has 1 aromatic rings. The summed E-state index contributed by atoms with van der Waals surface area (Å²) in [6.07, 6.45) is -0.400. The maximum atomic E-state index is 12.8. The second-order valence-corrected chi connectivity index (χ2v) is 8.24. The molecule has 2 atom stereocenters. The number of morpholine rings is 1. The van der Waals surface area contributed by atoms with Gasteiger partial charge in [0.15, 0.2) is 11.5 Å². The standard InChI is InChI=1S/C16H24F2N2O5S/c1-11-8-20(9-12(2)24-11)26(21,22)19(3)10-13-5-6-14(23-4)15(7-13)25-16(17)18/h5-7,11-12,16H,8-10H2,1-4H3/t11-,12+. The first-order valence-corrected chi connectivity index (χ1v) is 9.51. The van der Waals surface area contributed by atoms with Crippen LogP contribution >= 0.6 is 0 Å². The highest BCUT2D eigenvalue weighted by Crippen LogP contribution is 2.30. The second-order valence-electron chi connectivity index (χ2n) is 6.20. The van der Waals surface area contributed by atoms with Gasteiger partial charge in [-0.05, 0) is 31.5 Å². The molecule has 0 bridgehead atoms. The Labute approximate surface area is 152 Å². The van der Waals surface area contributed by atoms with E-state index >= 15 is 0 Å². The van der Waals surface area contributed by atoms with Gasteiger partial charge in [0.1, 0.15) is 0 Å². The first kappa shape index (κ1) is 20.8. The number of halogens is 2. The van der Waals surface area contributed by atoms with E-state index in [0.29, 0.717) is 5.56 Å². The van der Waals surface area contributed by atoms with Crippen molar-refractivity contribution in [3.63, 3.8) is 0 Å². The Kier molecular flexibility index (Phi) is 6.78. The molecule has 1 saturated heterocycles. The quantitative estimate of drug-likeness (QED) is 0.708. The van der Waals surface area contributed by atoms with Crippen molar-refractivity contribution in [3.8, 4) is 11.5 Å². The molecule has 0 radical (unpaired) electrons. The summed E-state index contributed by atoms with van der Waals surface area (Å²) in [5.41, 5.74) is 0.502. The number of methoxy groups -OCH3 is 1. The third-order valence-corrected chi connectivity index (χ3v) is 5.82. The number of benzene rings is 1. The fourth-order valence-corrected chi connectivity index (χ4v) is 4.37. The lowest BCUT2D eigenvalue weighted by Crippen LogP contribution is -2.52. The molecule has 1 heterocycles. The molecule has 7 nitrogen and oxygen atoms in total. The Hall–Kier alpha value is -1.49. The van der Waals surface area contributed by atoms with E-state index in [4.69, 9.17) is 9.47 Å². The van der Waals surface area contributed by atoms with E-state index in [1.165, 1.54) is 34.9 Å². The van der Waals surface area contributed by atoms with Gasteiger partial charge < -0.3 is 14.2 Å². The van der Waals surface area contributed by atoms with Crippen molar-refractivity contribution in [2.45, 2.75) is 39.2 Å². The first-order valence-electron chi connectivity index (χ1n) is 8.12. The predicted molar refractivity (Wildman–Crippen MR) is 91.6 cm³/mol. The summed E-state index contributed by atoms with van der Waals surface area (Å²) in [6, 6.07) is 4.42. The van der Waals surface area contributed by atoms with Crippen molar-refractivity contribution in [2.75, 3.05) is 27.2 Å². The molecule has 0 saturated carbocycles. The maximum absolute atomic E-state index is 12.8. The molecule has 26 heavy (non-hydrogen) atoms. The van der Waals surface area contributed by atoms with Crippen LogP contribution in [0.25, 0.3) is 0 Å². The zero-order valence-corrected chi connectivity index (χ0v) is 16.0. The first-order chi connectivity index (χ1) is 12.1. The van der Waals surface area contributed by atoms with Gasteiger partial charge in [0, 0.05) is 26.7 Å². The molecule has 0 amide bonds. The largest absolute Gasteiger partial charge is 0.493 e. The van der Waals surface area contributed by atoms with Gasteiger partial charge in [-0.2, -0.15) is 25.8 Å². The van der Waals surface area contributed by atoms with E-state index in [1.54, 1.807) is 6.07 Å². The van der Waals surface area contributed by atoms with Gasteiger partial charge in [-0.15, -0.1) is 0 Å². The highest BCUT2D eigenvalue weighted by molar-refractivity contribution is 7.86. The fraction of sp³-hybridized carbons (Fsp3) is 0.625. The molecule has 1 aliphatic heterocycles. The highest BCUT2D eigenvalue weighted by Gasteiger charge is 2.33. The second kappa shape index (κ2) is 8.47. The van der Waals surface area contributed by atoms with Crippen molar-refractivity contribution < 1.29 is 31.4 Å². The highest BCUT2D eigenvalue weighted by atomic mass is 32.2. The molecule has 0 aromatic heterocycles. The monoisotopic (exact) mass is 394 g/mol. The van der Waals surface area contributed by atoms with Crippen LogP contribution in [0.4, 0.5) is 8.78 Å². The summed E-state index contributed by atoms with van der Waals surface area (Å²) in [4.78, 5) is 0. The Morgan fingerprint density at radius 1 is 1.27 bits per heavy atom. The average molecular weight is 394 g/mol. The molecular formula is C16H24F2N2O5S. The molecule has 148 valence electrons. The minimum absolute atomic E-state index is 0.00600. The number of rotatable bonds is 7. The zero-order chi connectivity index (χ0) is 19.5. The van der Waals surface area contributed by atoms with Crippen molar-refractivity contribution in [3.05, 3.63) is 23.8 Å². The normalized spacial score (nSPS) is 22.0. The van der Waals surface area contributed by atoms with Gasteiger partial charge in [-0.1, -0.05) is 6.07 Å². The third kappa shape index (κ3) is 5.03. The molecule has 2 rings (SSSR count). The summed E-state index contributed by atoms with van der Waals surface area (Å²) in [5, 5.41) is 0. The summed E-state index contributed by atoms with van der Waals surface area (Å²) in [7, 11) is -0.931. The molecular weight excluding hydrogens is 370 g/mol. The van der Waals surface area contributed by atoms with Crippen LogP contribution in [0.2, 0.25) is 0 Å². The van der Waals surface area contributed by atoms with Crippen LogP contribution in [-0.4, -0.2) is 63.1 Å². The zero-order valence-electron chi connectivity index (χ0n) is 15.2. The summed E-state index contributed by atoms with van der Waals surface area (Å²) < 4.78 is 68.2. The Morgan fingerprint density at radius 2 is 1.88 bits per heavy atom. The number of alkyl halides is 2. The van der Waals surface area contributed by atoms with Crippen LogP contribution in [0.3, 0.4) is 0 Å². The summed E-state index contributed by atoms with van der Waals surface area (Å²) in [6.45, 7) is 1.16. The predicted octanol–water partition coefficient (Wildman–Crippen LogP) is 2.08. The molecule has 1 aromatic carbocycles. The molecule has 1 aliphatic rings. The van der Waals surface area contributed by atoms with Crippen molar-refractivity contribution in [1.29, 1.82) is 0 Å². The molecule has 0 spiro atoms. The van der Waals surface area contributed by atoms with E-state index < -0.39 is 16.8 Å². The summed E-state index contributed by atoms with van der Waals surface area (Å²) >= 11 is 0. The molecule has 0 N–H and O–H groups in total. The number of nitrogens with zero attached hydrogens (tertiary/aromatic N) is 2. The van der Waals surface area contributed by atoms with Gasteiger partial charge in [0.2, 0.25) is 0 Å². The van der Waals surface area contributed by atoms with Gasteiger partial charge in [-0.25, -0.2) is 0 Å². The molecule has 1 fully saturated rings. The lowest BCUT2D eigenvalue weighted by atomic mass is 10.2. The smallest absolute Gasteiger partial charge is 0.387 e. The van der Waals surface area contributed by atoms with Crippen LogP contribution < -0.4 is 9.47 Å². The van der Waals surface area contributed by atoms with E-state index in [0.717, 1.165) is 0 Å². The lowest BCUT2D eigenvalue weighted by Gasteiger charge is -2.36. The van der Waals surface area contributed by atoms with Gasteiger partial charge in [0.05, 0.1) is 19.3 Å². The van der Waals surface area contributed by atoms with E-state index in [9.17, 15) is 17.2 Å². The van der Waals surface area contributed by atoms with Crippen LogP contribution in [0.5, 0.6) is 11.5 Å². The van der Waals surface area contributed by atoms with E-state index in [2.05, 4.69) is 4.74 Å². The molecule has 10 heteroatoms. The molecule has 0 aliphatic carbocycles. The minimum Gasteiger partial charge on any atom is -0.493 e. The number of hydrogen-bond acceptors (Lipinski definition) is 5. The van der Waals surface area contributed by atoms with E-state index in [-0.39, 0.29) is 43.3 Å². The Bertz CT molecular complexity index is 707. The number of hydrogen-bond donors (Lipinski definition) is 0. The third-order valence-electron chi connectivity index (χ3n) is 3.96. The van der Waals surface area contributed by atoms with Crippen molar-refractivity contribution in [1.82, 2.24) is 8.61 Å². The minimum atomic E-state index is -3.71. The van der Waals surface area contributed by atoms with Crippen LogP contribution in [-0.2, 0) is 21.5 Å². The fourth-order valence-electron chi connectivity index (χ4n) is 2.86. The van der Waals surface area contributed by atoms with Crippen molar-refractivity contribution >= 4 is 10.2 Å². The van der Waals surface area contributed by atoms with Crippen LogP contribution in [0.15, 0.2) is 18.2 Å². The van der Waals surface area contributed by atoms with Crippen molar-refractivity contribution in [2.24, 2.45) is 0 Å². The lowest BCUT2D eigenvalue weighted by molar-refractivity contribution is -0.0512. The van der Waals surface area contributed by atoms with Gasteiger partial charge >= 0.3 is 6.61 Å². The van der Waals surface area contributed by atoms with Crippen LogP contribution in [0.1, 0.15) is 19.4 Å².